The average molecular weight is 379 g/mol. The summed E-state index contributed by atoms with van der Waals surface area (Å²) in [6.07, 6.45) is 5.02. The maximum absolute atomic E-state index is 12.8. The number of piperazine rings is 1. The lowest BCUT2D eigenvalue weighted by Crippen LogP contribution is -2.49. The van der Waals surface area contributed by atoms with Crippen molar-refractivity contribution in [3.8, 4) is 5.69 Å². The zero-order valence-electron chi connectivity index (χ0n) is 14.9. The van der Waals surface area contributed by atoms with Gasteiger partial charge in [-0.3, -0.25) is 14.9 Å². The number of amides is 1. The highest BCUT2D eigenvalue weighted by Gasteiger charge is 2.25. The largest absolute Gasteiger partial charge is 0.337 e. The van der Waals surface area contributed by atoms with Crippen molar-refractivity contribution < 1.29 is 9.72 Å². The number of aromatic nitrogens is 4. The highest BCUT2D eigenvalue weighted by molar-refractivity contribution is 5.92. The number of hydrogen-bond donors (Lipinski definition) is 0. The number of benzene rings is 1. The Balaban J connectivity index is 1.44. The van der Waals surface area contributed by atoms with Crippen molar-refractivity contribution in [3.63, 3.8) is 0 Å². The monoisotopic (exact) mass is 379 g/mol. The lowest BCUT2D eigenvalue weighted by molar-refractivity contribution is -0.384. The van der Waals surface area contributed by atoms with Gasteiger partial charge in [0.25, 0.3) is 11.6 Å². The van der Waals surface area contributed by atoms with E-state index >= 15 is 0 Å². The number of nitrogens with zero attached hydrogens (tertiary/aromatic N) is 7. The second kappa shape index (κ2) is 7.43. The average Bonchev–Trinajstić information content (AvgIpc) is 3.24. The second-order valence-corrected chi connectivity index (χ2v) is 6.25. The first kappa shape index (κ1) is 17.6. The van der Waals surface area contributed by atoms with Gasteiger partial charge in [-0.25, -0.2) is 14.6 Å². The van der Waals surface area contributed by atoms with E-state index in [4.69, 9.17) is 0 Å². The number of non-ortho nitro benzene ring substituents is 1. The van der Waals surface area contributed by atoms with Crippen LogP contribution in [0.25, 0.3) is 5.69 Å². The third kappa shape index (κ3) is 3.52. The van der Waals surface area contributed by atoms with Crippen molar-refractivity contribution in [1.82, 2.24) is 24.6 Å². The molecule has 3 heterocycles. The predicted molar refractivity (Wildman–Crippen MR) is 100 cm³/mol. The summed E-state index contributed by atoms with van der Waals surface area (Å²) in [5.74, 6) is 0.488. The molecule has 0 atom stereocenters. The third-order valence-corrected chi connectivity index (χ3v) is 4.52. The number of rotatable bonds is 4. The molecule has 0 N–H and O–H groups in total. The summed E-state index contributed by atoms with van der Waals surface area (Å²) in [6.45, 7) is 2.37. The zero-order valence-corrected chi connectivity index (χ0v) is 14.9. The van der Waals surface area contributed by atoms with Gasteiger partial charge in [-0.1, -0.05) is 6.07 Å². The molecule has 0 aliphatic carbocycles. The molecule has 0 bridgehead atoms. The first-order valence-corrected chi connectivity index (χ1v) is 8.73. The Morgan fingerprint density at radius 2 is 1.79 bits per heavy atom. The van der Waals surface area contributed by atoms with Gasteiger partial charge in [-0.05, 0) is 18.2 Å². The molecule has 1 aromatic carbocycles. The van der Waals surface area contributed by atoms with Crippen LogP contribution in [0, 0.1) is 10.1 Å². The summed E-state index contributed by atoms with van der Waals surface area (Å²) in [5, 5.41) is 15.2. The van der Waals surface area contributed by atoms with Crippen LogP contribution in [0.3, 0.4) is 0 Å². The molecule has 1 saturated heterocycles. The molecule has 10 heteroatoms. The van der Waals surface area contributed by atoms with Gasteiger partial charge in [0.15, 0.2) is 5.69 Å². The van der Waals surface area contributed by atoms with E-state index in [2.05, 4.69) is 15.1 Å². The summed E-state index contributed by atoms with van der Waals surface area (Å²) in [6, 6.07) is 9.50. The summed E-state index contributed by atoms with van der Waals surface area (Å²) in [7, 11) is 0. The molecule has 28 heavy (non-hydrogen) atoms. The van der Waals surface area contributed by atoms with E-state index in [9.17, 15) is 14.9 Å². The van der Waals surface area contributed by atoms with E-state index in [0.717, 1.165) is 0 Å². The molecule has 3 aromatic rings. The second-order valence-electron chi connectivity index (χ2n) is 6.25. The van der Waals surface area contributed by atoms with E-state index in [1.165, 1.54) is 16.8 Å². The summed E-state index contributed by atoms with van der Waals surface area (Å²) in [5.41, 5.74) is 0.801. The predicted octanol–water partition coefficient (Wildman–Crippen LogP) is 1.53. The summed E-state index contributed by atoms with van der Waals surface area (Å²) in [4.78, 5) is 35.5. The first-order valence-electron chi connectivity index (χ1n) is 8.73. The highest BCUT2D eigenvalue weighted by atomic mass is 16.6. The molecule has 1 amide bonds. The van der Waals surface area contributed by atoms with Gasteiger partial charge in [0.2, 0.25) is 5.95 Å². The van der Waals surface area contributed by atoms with E-state index in [1.54, 1.807) is 47.8 Å². The molecule has 0 radical (unpaired) electrons. The molecule has 2 aromatic heterocycles. The Labute approximate surface area is 160 Å². The molecular weight excluding hydrogens is 362 g/mol. The van der Waals surface area contributed by atoms with Crippen molar-refractivity contribution in [2.45, 2.75) is 0 Å². The third-order valence-electron chi connectivity index (χ3n) is 4.52. The quantitative estimate of drug-likeness (QED) is 0.499. The fraction of sp³-hybridized carbons (Fsp3) is 0.222. The van der Waals surface area contributed by atoms with Crippen molar-refractivity contribution in [1.29, 1.82) is 0 Å². The number of carbonyl (C=O) groups is 1. The summed E-state index contributed by atoms with van der Waals surface area (Å²) < 4.78 is 1.47. The standard InChI is InChI=1S/C18H17N7O3/c26-17(22-9-11-23(12-10-22)18-19-6-2-7-20-18)16-5-8-24(21-16)14-3-1-4-15(13-14)25(27)28/h1-8,13H,9-12H2. The minimum absolute atomic E-state index is 0.0277. The number of anilines is 1. The Hall–Kier alpha value is -3.82. The minimum Gasteiger partial charge on any atom is -0.337 e. The van der Waals surface area contributed by atoms with Crippen LogP contribution < -0.4 is 4.90 Å². The van der Waals surface area contributed by atoms with Crippen LogP contribution in [0.4, 0.5) is 11.6 Å². The molecule has 0 spiro atoms. The van der Waals surface area contributed by atoms with E-state index in [-0.39, 0.29) is 11.6 Å². The number of nitro benzene ring substituents is 1. The van der Waals surface area contributed by atoms with Crippen molar-refractivity contribution >= 4 is 17.5 Å². The van der Waals surface area contributed by atoms with Crippen LogP contribution in [-0.4, -0.2) is 61.7 Å². The van der Waals surface area contributed by atoms with Crippen LogP contribution in [-0.2, 0) is 0 Å². The number of nitro groups is 1. The Morgan fingerprint density at radius 1 is 1.04 bits per heavy atom. The molecule has 1 aliphatic rings. The number of hydrogen-bond acceptors (Lipinski definition) is 7. The molecule has 1 aliphatic heterocycles. The van der Waals surface area contributed by atoms with E-state index in [1.807, 2.05) is 4.90 Å². The molecule has 10 nitrogen and oxygen atoms in total. The van der Waals surface area contributed by atoms with Crippen molar-refractivity contribution in [3.05, 3.63) is 70.8 Å². The SMILES string of the molecule is O=C(c1ccn(-c2cccc([N+](=O)[O-])c2)n1)N1CCN(c2ncccn2)CC1. The Bertz CT molecular complexity index is 997. The minimum atomic E-state index is -0.463. The highest BCUT2D eigenvalue weighted by Crippen LogP contribution is 2.17. The fourth-order valence-electron chi connectivity index (χ4n) is 3.06. The maximum Gasteiger partial charge on any atom is 0.274 e. The molecule has 4 rings (SSSR count). The van der Waals surface area contributed by atoms with Gasteiger partial charge in [0, 0.05) is 56.9 Å². The van der Waals surface area contributed by atoms with Gasteiger partial charge in [0.1, 0.15) is 0 Å². The fourth-order valence-corrected chi connectivity index (χ4v) is 3.06. The Morgan fingerprint density at radius 3 is 2.50 bits per heavy atom. The van der Waals surface area contributed by atoms with Gasteiger partial charge in [-0.2, -0.15) is 5.10 Å². The molecule has 0 saturated carbocycles. The van der Waals surface area contributed by atoms with Crippen molar-refractivity contribution in [2.75, 3.05) is 31.1 Å². The van der Waals surface area contributed by atoms with Gasteiger partial charge in [-0.15, -0.1) is 0 Å². The van der Waals surface area contributed by atoms with Crippen LogP contribution in [0.2, 0.25) is 0 Å². The van der Waals surface area contributed by atoms with Crippen LogP contribution >= 0.6 is 0 Å². The normalized spacial score (nSPS) is 14.1. The lowest BCUT2D eigenvalue weighted by Gasteiger charge is -2.34. The smallest absolute Gasteiger partial charge is 0.274 e. The van der Waals surface area contributed by atoms with E-state index < -0.39 is 4.92 Å². The maximum atomic E-state index is 12.8. The van der Waals surface area contributed by atoms with Gasteiger partial charge in [0.05, 0.1) is 10.6 Å². The zero-order chi connectivity index (χ0) is 19.5. The lowest BCUT2D eigenvalue weighted by atomic mass is 10.3. The summed E-state index contributed by atoms with van der Waals surface area (Å²) >= 11 is 0. The molecule has 142 valence electrons. The van der Waals surface area contributed by atoms with Crippen LogP contribution in [0.1, 0.15) is 10.5 Å². The molecular formula is C18H17N7O3. The molecule has 1 fully saturated rings. The van der Waals surface area contributed by atoms with Gasteiger partial charge >= 0.3 is 0 Å². The van der Waals surface area contributed by atoms with E-state index in [0.29, 0.717) is 43.5 Å². The Kier molecular flexibility index (Phi) is 4.67. The van der Waals surface area contributed by atoms with Crippen LogP contribution in [0.5, 0.6) is 0 Å². The molecule has 0 unspecified atom stereocenters. The topological polar surface area (TPSA) is 110 Å². The first-order chi connectivity index (χ1) is 13.6. The van der Waals surface area contributed by atoms with Crippen molar-refractivity contribution in [2.24, 2.45) is 0 Å². The van der Waals surface area contributed by atoms with Crippen LogP contribution in [0.15, 0.2) is 55.0 Å². The van der Waals surface area contributed by atoms with Gasteiger partial charge < -0.3 is 9.80 Å². The number of carbonyl (C=O) groups excluding carboxylic acids is 1.